The van der Waals surface area contributed by atoms with Gasteiger partial charge in [0.25, 0.3) is 0 Å². The second-order valence-electron chi connectivity index (χ2n) is 4.26. The van der Waals surface area contributed by atoms with E-state index < -0.39 is 0 Å². The Labute approximate surface area is 105 Å². The van der Waals surface area contributed by atoms with Gasteiger partial charge in [-0.1, -0.05) is 0 Å². The van der Waals surface area contributed by atoms with Gasteiger partial charge in [0.2, 0.25) is 5.95 Å². The summed E-state index contributed by atoms with van der Waals surface area (Å²) in [5, 5.41) is 1.12. The van der Waals surface area contributed by atoms with Crippen LogP contribution in [0.25, 0.3) is 22.2 Å². The fraction of sp³-hybridized carbons (Fsp3) is 0.154. The Balaban J connectivity index is 2.17. The first-order chi connectivity index (χ1) is 8.75. The molecular formula is C13H13N5. The Morgan fingerprint density at radius 2 is 2.06 bits per heavy atom. The number of aromatic nitrogens is 4. The molecule has 1 N–H and O–H groups in total. The van der Waals surface area contributed by atoms with E-state index in [0.717, 1.165) is 22.2 Å². The second kappa shape index (κ2) is 4.10. The van der Waals surface area contributed by atoms with Crippen LogP contribution in [0.1, 0.15) is 0 Å². The van der Waals surface area contributed by atoms with Crippen LogP contribution in [-0.4, -0.2) is 34.0 Å². The van der Waals surface area contributed by atoms with Crippen LogP contribution >= 0.6 is 0 Å². The van der Waals surface area contributed by atoms with Gasteiger partial charge in [-0.25, -0.2) is 9.97 Å². The van der Waals surface area contributed by atoms with Crippen molar-refractivity contribution in [3.8, 4) is 11.3 Å². The summed E-state index contributed by atoms with van der Waals surface area (Å²) < 4.78 is 0. The molecular weight excluding hydrogens is 226 g/mol. The maximum Gasteiger partial charge on any atom is 0.225 e. The van der Waals surface area contributed by atoms with Gasteiger partial charge in [0.05, 0.1) is 17.4 Å². The van der Waals surface area contributed by atoms with Gasteiger partial charge in [0.1, 0.15) is 0 Å². The number of nitrogens with zero attached hydrogens (tertiary/aromatic N) is 4. The largest absolute Gasteiger partial charge is 0.359 e. The van der Waals surface area contributed by atoms with Crippen molar-refractivity contribution < 1.29 is 0 Å². The monoisotopic (exact) mass is 239 g/mol. The van der Waals surface area contributed by atoms with Crippen molar-refractivity contribution in [2.45, 2.75) is 0 Å². The van der Waals surface area contributed by atoms with Crippen molar-refractivity contribution in [3.63, 3.8) is 0 Å². The average molecular weight is 239 g/mol. The molecule has 3 rings (SSSR count). The molecule has 3 heterocycles. The summed E-state index contributed by atoms with van der Waals surface area (Å²) in [5.41, 5.74) is 2.99. The Morgan fingerprint density at radius 3 is 2.89 bits per heavy atom. The lowest BCUT2D eigenvalue weighted by Crippen LogP contribution is -2.12. The normalized spacial score (nSPS) is 10.8. The average Bonchev–Trinajstić information content (AvgIpc) is 2.82. The molecule has 0 spiro atoms. The standard InChI is InChI=1S/C13H13N5/c1-18(2)13-15-6-4-11(17-13)10-7-16-12-8-14-5-3-9(10)12/h3-8,16H,1-2H3. The molecule has 5 nitrogen and oxygen atoms in total. The molecule has 0 radical (unpaired) electrons. The van der Waals surface area contributed by atoms with Gasteiger partial charge in [-0.2, -0.15) is 0 Å². The Hall–Kier alpha value is -2.43. The second-order valence-corrected chi connectivity index (χ2v) is 4.26. The molecule has 3 aromatic heterocycles. The highest BCUT2D eigenvalue weighted by Gasteiger charge is 2.08. The van der Waals surface area contributed by atoms with E-state index in [1.807, 2.05) is 43.5 Å². The fourth-order valence-electron chi connectivity index (χ4n) is 1.90. The van der Waals surface area contributed by atoms with Gasteiger partial charge in [-0.05, 0) is 12.1 Å². The minimum atomic E-state index is 0.705. The van der Waals surface area contributed by atoms with E-state index in [1.54, 1.807) is 12.4 Å². The first-order valence-corrected chi connectivity index (χ1v) is 5.67. The Morgan fingerprint density at radius 1 is 1.17 bits per heavy atom. The van der Waals surface area contributed by atoms with Crippen molar-refractivity contribution in [2.75, 3.05) is 19.0 Å². The summed E-state index contributed by atoms with van der Waals surface area (Å²) in [6.07, 6.45) is 7.33. The zero-order valence-corrected chi connectivity index (χ0v) is 10.3. The molecule has 18 heavy (non-hydrogen) atoms. The lowest BCUT2D eigenvalue weighted by Gasteiger charge is -2.10. The van der Waals surface area contributed by atoms with Gasteiger partial charge in [-0.3, -0.25) is 4.98 Å². The van der Waals surface area contributed by atoms with E-state index in [0.29, 0.717) is 5.95 Å². The minimum Gasteiger partial charge on any atom is -0.359 e. The number of aromatic amines is 1. The summed E-state index contributed by atoms with van der Waals surface area (Å²) in [7, 11) is 3.86. The van der Waals surface area contributed by atoms with E-state index in [4.69, 9.17) is 0 Å². The van der Waals surface area contributed by atoms with E-state index >= 15 is 0 Å². The van der Waals surface area contributed by atoms with Crippen LogP contribution < -0.4 is 4.90 Å². The highest BCUT2D eigenvalue weighted by molar-refractivity contribution is 5.94. The highest BCUT2D eigenvalue weighted by Crippen LogP contribution is 2.26. The van der Waals surface area contributed by atoms with E-state index in [2.05, 4.69) is 19.9 Å². The number of pyridine rings is 1. The lowest BCUT2D eigenvalue weighted by molar-refractivity contribution is 1.00. The number of hydrogen-bond acceptors (Lipinski definition) is 4. The number of nitrogens with one attached hydrogen (secondary N) is 1. The molecule has 0 saturated carbocycles. The van der Waals surface area contributed by atoms with Crippen LogP contribution in [0.5, 0.6) is 0 Å². The lowest BCUT2D eigenvalue weighted by atomic mass is 10.1. The third-order valence-electron chi connectivity index (χ3n) is 2.80. The summed E-state index contributed by atoms with van der Waals surface area (Å²) in [6, 6.07) is 3.90. The SMILES string of the molecule is CN(C)c1nccc(-c2c[nH]c3cnccc23)n1. The number of hydrogen-bond donors (Lipinski definition) is 1. The zero-order valence-electron chi connectivity index (χ0n) is 10.3. The Bertz CT molecular complexity index is 686. The van der Waals surface area contributed by atoms with E-state index in [1.165, 1.54) is 0 Å². The minimum absolute atomic E-state index is 0.705. The van der Waals surface area contributed by atoms with Gasteiger partial charge in [0, 0.05) is 43.6 Å². The molecule has 0 amide bonds. The first kappa shape index (κ1) is 10.7. The van der Waals surface area contributed by atoms with Crippen molar-refractivity contribution in [3.05, 3.63) is 36.9 Å². The van der Waals surface area contributed by atoms with Crippen LogP contribution in [0.4, 0.5) is 5.95 Å². The summed E-state index contributed by atoms with van der Waals surface area (Å²) in [5.74, 6) is 0.705. The molecule has 0 bridgehead atoms. The molecule has 0 aliphatic carbocycles. The fourth-order valence-corrected chi connectivity index (χ4v) is 1.90. The number of H-pyrrole nitrogens is 1. The first-order valence-electron chi connectivity index (χ1n) is 5.67. The maximum atomic E-state index is 4.54. The van der Waals surface area contributed by atoms with Crippen molar-refractivity contribution in [1.29, 1.82) is 0 Å². The quantitative estimate of drug-likeness (QED) is 0.744. The molecule has 0 unspecified atom stereocenters. The third kappa shape index (κ3) is 1.69. The zero-order chi connectivity index (χ0) is 12.5. The van der Waals surface area contributed by atoms with Gasteiger partial charge < -0.3 is 9.88 Å². The van der Waals surface area contributed by atoms with Crippen molar-refractivity contribution in [2.24, 2.45) is 0 Å². The predicted octanol–water partition coefficient (Wildman–Crippen LogP) is 2.09. The van der Waals surface area contributed by atoms with Crippen molar-refractivity contribution >= 4 is 16.9 Å². The van der Waals surface area contributed by atoms with Crippen molar-refractivity contribution in [1.82, 2.24) is 19.9 Å². The smallest absolute Gasteiger partial charge is 0.225 e. The third-order valence-corrected chi connectivity index (χ3v) is 2.80. The predicted molar refractivity (Wildman–Crippen MR) is 71.4 cm³/mol. The summed E-state index contributed by atoms with van der Waals surface area (Å²) in [6.45, 7) is 0. The Kier molecular flexibility index (Phi) is 2.44. The molecule has 0 atom stereocenters. The molecule has 0 saturated heterocycles. The van der Waals surface area contributed by atoms with Crippen LogP contribution in [0.2, 0.25) is 0 Å². The molecule has 5 heteroatoms. The van der Waals surface area contributed by atoms with E-state index in [9.17, 15) is 0 Å². The molecule has 0 fully saturated rings. The number of fused-ring (bicyclic) bond motifs is 1. The molecule has 0 aliphatic rings. The highest BCUT2D eigenvalue weighted by atomic mass is 15.2. The molecule has 90 valence electrons. The molecule has 0 aliphatic heterocycles. The van der Waals surface area contributed by atoms with Gasteiger partial charge in [-0.15, -0.1) is 0 Å². The molecule has 0 aromatic carbocycles. The number of anilines is 1. The van der Waals surface area contributed by atoms with Crippen LogP contribution in [-0.2, 0) is 0 Å². The molecule has 3 aromatic rings. The topological polar surface area (TPSA) is 57.7 Å². The summed E-state index contributed by atoms with van der Waals surface area (Å²) in [4.78, 5) is 17.9. The maximum absolute atomic E-state index is 4.54. The van der Waals surface area contributed by atoms with Crippen LogP contribution in [0.15, 0.2) is 36.9 Å². The van der Waals surface area contributed by atoms with Crippen LogP contribution in [0, 0.1) is 0 Å². The van der Waals surface area contributed by atoms with Crippen LogP contribution in [0.3, 0.4) is 0 Å². The van der Waals surface area contributed by atoms with Gasteiger partial charge >= 0.3 is 0 Å². The summed E-state index contributed by atoms with van der Waals surface area (Å²) >= 11 is 0. The van der Waals surface area contributed by atoms with Gasteiger partial charge in [0.15, 0.2) is 0 Å². The van der Waals surface area contributed by atoms with E-state index in [-0.39, 0.29) is 0 Å². The number of rotatable bonds is 2.